The zero-order valence-corrected chi connectivity index (χ0v) is 16.4. The Morgan fingerprint density at radius 1 is 1.11 bits per heavy atom. The lowest BCUT2D eigenvalue weighted by molar-refractivity contribution is -0.121. The summed E-state index contributed by atoms with van der Waals surface area (Å²) < 4.78 is 7.40. The van der Waals surface area contributed by atoms with Crippen molar-refractivity contribution in [3.8, 4) is 5.75 Å². The predicted octanol–water partition coefficient (Wildman–Crippen LogP) is 3.64. The molecule has 1 heterocycles. The fourth-order valence-corrected chi connectivity index (χ4v) is 4.35. The van der Waals surface area contributed by atoms with E-state index in [0.29, 0.717) is 23.7 Å². The Balaban J connectivity index is 1.40. The van der Waals surface area contributed by atoms with Crippen LogP contribution in [0.2, 0.25) is 0 Å². The van der Waals surface area contributed by atoms with Gasteiger partial charge in [-0.05, 0) is 43.3 Å². The van der Waals surface area contributed by atoms with Gasteiger partial charge < -0.3 is 4.74 Å². The fraction of sp³-hybridized carbons (Fsp3) is 0.211. The van der Waals surface area contributed by atoms with Gasteiger partial charge in [-0.1, -0.05) is 23.9 Å². The number of thioether (sulfide) groups is 1. The fourth-order valence-electron chi connectivity index (χ4n) is 2.27. The minimum atomic E-state index is -0.370. The number of hydrogen-bond acceptors (Lipinski definition) is 6. The van der Waals surface area contributed by atoms with Crippen molar-refractivity contribution in [3.63, 3.8) is 0 Å². The molecular formula is C19H19N3O3S2. The van der Waals surface area contributed by atoms with Gasteiger partial charge in [0.15, 0.2) is 4.34 Å². The topological polar surface area (TPSA) is 80.3 Å². The van der Waals surface area contributed by atoms with Gasteiger partial charge in [-0.25, -0.2) is 4.98 Å². The second-order valence-corrected chi connectivity index (χ2v) is 7.88. The van der Waals surface area contributed by atoms with E-state index in [4.69, 9.17) is 4.74 Å². The van der Waals surface area contributed by atoms with Gasteiger partial charge in [-0.15, -0.1) is 11.3 Å². The summed E-state index contributed by atoms with van der Waals surface area (Å²) in [7, 11) is 0. The summed E-state index contributed by atoms with van der Waals surface area (Å²) in [6.07, 6.45) is 0.282. The molecule has 0 radical (unpaired) electrons. The molecule has 8 heteroatoms. The summed E-state index contributed by atoms with van der Waals surface area (Å²) in [5.41, 5.74) is 6.27. The highest BCUT2D eigenvalue weighted by Gasteiger charge is 2.09. The van der Waals surface area contributed by atoms with Crippen molar-refractivity contribution in [3.05, 3.63) is 54.1 Å². The number of benzene rings is 2. The van der Waals surface area contributed by atoms with Crippen LogP contribution < -0.4 is 15.6 Å². The average molecular weight is 402 g/mol. The molecule has 2 N–H and O–H groups in total. The van der Waals surface area contributed by atoms with Crippen molar-refractivity contribution in [2.45, 2.75) is 17.7 Å². The van der Waals surface area contributed by atoms with Crippen molar-refractivity contribution >= 4 is 45.1 Å². The molecule has 2 aromatic carbocycles. The van der Waals surface area contributed by atoms with Crippen LogP contribution in [0.1, 0.15) is 23.7 Å². The van der Waals surface area contributed by atoms with Crippen molar-refractivity contribution in [1.29, 1.82) is 0 Å². The number of hydrogen-bond donors (Lipinski definition) is 2. The second kappa shape index (κ2) is 9.38. The number of rotatable bonds is 7. The normalized spacial score (nSPS) is 10.6. The molecule has 140 valence electrons. The molecule has 27 heavy (non-hydrogen) atoms. The predicted molar refractivity (Wildman–Crippen MR) is 108 cm³/mol. The average Bonchev–Trinajstić information content (AvgIpc) is 3.10. The molecular weight excluding hydrogens is 382 g/mol. The number of ether oxygens (including phenoxy) is 1. The smallest absolute Gasteiger partial charge is 0.269 e. The monoisotopic (exact) mass is 401 g/mol. The van der Waals surface area contributed by atoms with Crippen LogP contribution in [0.15, 0.2) is 52.9 Å². The minimum absolute atomic E-state index is 0.247. The molecule has 0 aliphatic rings. The third kappa shape index (κ3) is 5.45. The van der Waals surface area contributed by atoms with E-state index >= 15 is 0 Å². The first-order chi connectivity index (χ1) is 13.2. The first-order valence-electron chi connectivity index (χ1n) is 8.46. The highest BCUT2D eigenvalue weighted by Crippen LogP contribution is 2.29. The van der Waals surface area contributed by atoms with E-state index in [9.17, 15) is 9.59 Å². The zero-order chi connectivity index (χ0) is 19.1. The number of fused-ring (bicyclic) bond motifs is 1. The largest absolute Gasteiger partial charge is 0.494 e. The van der Waals surface area contributed by atoms with Gasteiger partial charge >= 0.3 is 0 Å². The van der Waals surface area contributed by atoms with Crippen molar-refractivity contribution in [1.82, 2.24) is 15.8 Å². The van der Waals surface area contributed by atoms with Gasteiger partial charge in [0.25, 0.3) is 5.91 Å². The van der Waals surface area contributed by atoms with Crippen molar-refractivity contribution in [2.24, 2.45) is 0 Å². The van der Waals surface area contributed by atoms with E-state index in [0.717, 1.165) is 14.6 Å². The first-order valence-corrected chi connectivity index (χ1v) is 10.3. The Bertz CT molecular complexity index is 892. The summed E-state index contributed by atoms with van der Waals surface area (Å²) in [6.45, 7) is 2.46. The Hall–Kier alpha value is -2.58. The second-order valence-electron chi connectivity index (χ2n) is 5.51. The van der Waals surface area contributed by atoms with Crippen molar-refractivity contribution < 1.29 is 14.3 Å². The summed E-state index contributed by atoms with van der Waals surface area (Å²) in [4.78, 5) is 28.5. The number of nitrogens with zero attached hydrogens (tertiary/aromatic N) is 1. The molecule has 0 bridgehead atoms. The van der Waals surface area contributed by atoms with Crippen LogP contribution in [0.5, 0.6) is 5.75 Å². The maximum atomic E-state index is 12.0. The summed E-state index contributed by atoms with van der Waals surface area (Å²) in [6, 6.07) is 14.7. The molecule has 0 spiro atoms. The summed E-state index contributed by atoms with van der Waals surface area (Å²) >= 11 is 3.14. The molecule has 0 fully saturated rings. The van der Waals surface area contributed by atoms with Crippen LogP contribution >= 0.6 is 23.1 Å². The highest BCUT2D eigenvalue weighted by molar-refractivity contribution is 8.01. The van der Waals surface area contributed by atoms with E-state index < -0.39 is 0 Å². The van der Waals surface area contributed by atoms with E-state index in [-0.39, 0.29) is 18.2 Å². The molecule has 2 amide bonds. The Morgan fingerprint density at radius 2 is 1.89 bits per heavy atom. The van der Waals surface area contributed by atoms with Crippen LogP contribution in [0, 0.1) is 0 Å². The van der Waals surface area contributed by atoms with Gasteiger partial charge in [0.2, 0.25) is 5.91 Å². The first kappa shape index (κ1) is 19.2. The molecule has 0 aliphatic heterocycles. The van der Waals surface area contributed by atoms with E-state index in [2.05, 4.69) is 15.8 Å². The summed E-state index contributed by atoms with van der Waals surface area (Å²) in [5, 5.41) is 0. The van der Waals surface area contributed by atoms with Gasteiger partial charge in [0, 0.05) is 17.7 Å². The van der Waals surface area contributed by atoms with Crippen LogP contribution in [0.25, 0.3) is 10.2 Å². The SMILES string of the molecule is CCOc1ccc(C(=O)NNC(=O)CCSc2nc3ccccc3s2)cc1. The van der Waals surface area contributed by atoms with Crippen molar-refractivity contribution in [2.75, 3.05) is 12.4 Å². The van der Waals surface area contributed by atoms with E-state index in [1.165, 1.54) is 11.8 Å². The molecule has 3 aromatic rings. The number of thiazole rings is 1. The van der Waals surface area contributed by atoms with Crippen LogP contribution in [-0.2, 0) is 4.79 Å². The number of para-hydroxylation sites is 1. The van der Waals surface area contributed by atoms with E-state index in [1.807, 2.05) is 31.2 Å². The van der Waals surface area contributed by atoms with Gasteiger partial charge in [0.1, 0.15) is 5.75 Å². The Labute approximate surface area is 165 Å². The number of amides is 2. The van der Waals surface area contributed by atoms with Gasteiger partial charge in [-0.2, -0.15) is 0 Å². The lowest BCUT2D eigenvalue weighted by Crippen LogP contribution is -2.41. The number of carbonyl (C=O) groups excluding carboxylic acids is 2. The maximum absolute atomic E-state index is 12.0. The molecule has 0 aliphatic carbocycles. The highest BCUT2D eigenvalue weighted by atomic mass is 32.2. The lowest BCUT2D eigenvalue weighted by atomic mass is 10.2. The molecule has 0 atom stereocenters. The molecule has 0 saturated heterocycles. The third-order valence-electron chi connectivity index (χ3n) is 3.57. The Kier molecular flexibility index (Phi) is 6.67. The number of aromatic nitrogens is 1. The minimum Gasteiger partial charge on any atom is -0.494 e. The standard InChI is InChI=1S/C19H19N3O3S2/c1-2-25-14-9-7-13(8-10-14)18(24)22-21-17(23)11-12-26-19-20-15-5-3-4-6-16(15)27-19/h3-10H,2,11-12H2,1H3,(H,21,23)(H,22,24). The van der Waals surface area contributed by atoms with Gasteiger partial charge in [0.05, 0.1) is 16.8 Å². The Morgan fingerprint density at radius 3 is 2.63 bits per heavy atom. The maximum Gasteiger partial charge on any atom is 0.269 e. The van der Waals surface area contributed by atoms with Crippen LogP contribution in [0.3, 0.4) is 0 Å². The molecule has 0 saturated carbocycles. The molecule has 6 nitrogen and oxygen atoms in total. The quantitative estimate of drug-likeness (QED) is 0.467. The molecule has 0 unspecified atom stereocenters. The molecule has 3 rings (SSSR count). The lowest BCUT2D eigenvalue weighted by Gasteiger charge is -2.08. The number of hydrazine groups is 1. The number of carbonyl (C=O) groups is 2. The van der Waals surface area contributed by atoms with Crippen LogP contribution in [-0.4, -0.2) is 29.2 Å². The number of nitrogens with one attached hydrogen (secondary N) is 2. The van der Waals surface area contributed by atoms with E-state index in [1.54, 1.807) is 35.6 Å². The molecule has 1 aromatic heterocycles. The third-order valence-corrected chi connectivity index (χ3v) is 5.75. The van der Waals surface area contributed by atoms with Gasteiger partial charge in [-0.3, -0.25) is 20.4 Å². The van der Waals surface area contributed by atoms with Crippen LogP contribution in [0.4, 0.5) is 0 Å². The summed E-state index contributed by atoms with van der Waals surface area (Å²) in [5.74, 6) is 0.669. The zero-order valence-electron chi connectivity index (χ0n) is 14.7.